The quantitative estimate of drug-likeness (QED) is 0.902. The van der Waals surface area contributed by atoms with Gasteiger partial charge in [0.1, 0.15) is 5.75 Å². The number of aromatic nitrogens is 1. The van der Waals surface area contributed by atoms with Crippen LogP contribution in [0.15, 0.2) is 24.3 Å². The molecule has 3 rings (SSSR count). The third-order valence-electron chi connectivity index (χ3n) is 3.73. The Morgan fingerprint density at radius 2 is 2.27 bits per heavy atom. The van der Waals surface area contributed by atoms with E-state index < -0.39 is 0 Å². The number of urea groups is 1. The molecule has 0 saturated carbocycles. The highest BCUT2D eigenvalue weighted by Gasteiger charge is 2.20. The first-order valence-electron chi connectivity index (χ1n) is 7.34. The SMILES string of the molecule is COc1cccc(NC(=O)Nc2nc3c(s2)C[C@@H](C)CC3)c1. The van der Waals surface area contributed by atoms with Crippen LogP contribution in [0.5, 0.6) is 5.75 Å². The van der Waals surface area contributed by atoms with E-state index in [2.05, 4.69) is 22.5 Å². The van der Waals surface area contributed by atoms with Crippen LogP contribution in [0.4, 0.5) is 15.6 Å². The van der Waals surface area contributed by atoms with E-state index in [-0.39, 0.29) is 6.03 Å². The zero-order chi connectivity index (χ0) is 15.5. The summed E-state index contributed by atoms with van der Waals surface area (Å²) in [6.07, 6.45) is 3.24. The molecule has 2 amide bonds. The molecule has 6 heteroatoms. The predicted octanol–water partition coefficient (Wildman–Crippen LogP) is 3.92. The molecule has 1 atom stereocenters. The lowest BCUT2D eigenvalue weighted by Gasteiger charge is -2.15. The highest BCUT2D eigenvalue weighted by molar-refractivity contribution is 7.15. The van der Waals surface area contributed by atoms with Gasteiger partial charge in [-0.15, -0.1) is 11.3 Å². The summed E-state index contributed by atoms with van der Waals surface area (Å²) in [6.45, 7) is 2.26. The monoisotopic (exact) mass is 317 g/mol. The van der Waals surface area contributed by atoms with Gasteiger partial charge in [0.25, 0.3) is 0 Å². The fraction of sp³-hybridized carbons (Fsp3) is 0.375. The number of ether oxygens (including phenoxy) is 1. The standard InChI is InChI=1S/C16H19N3O2S/c1-10-6-7-13-14(8-10)22-16(18-13)19-15(20)17-11-4-3-5-12(9-11)21-2/h3-5,9-10H,6-8H2,1-2H3,(H2,17,18,19,20)/t10-/m0/s1. The number of nitrogens with one attached hydrogen (secondary N) is 2. The van der Waals surface area contributed by atoms with Gasteiger partial charge in [0.2, 0.25) is 0 Å². The Kier molecular flexibility index (Phi) is 4.29. The van der Waals surface area contributed by atoms with Crippen LogP contribution in [0.2, 0.25) is 0 Å². The molecule has 2 aromatic rings. The van der Waals surface area contributed by atoms with E-state index in [1.54, 1.807) is 24.5 Å². The average Bonchev–Trinajstić information content (AvgIpc) is 2.88. The normalized spacial score (nSPS) is 16.7. The number of hydrogen-bond acceptors (Lipinski definition) is 4. The lowest BCUT2D eigenvalue weighted by atomic mass is 9.93. The average molecular weight is 317 g/mol. The van der Waals surface area contributed by atoms with Crippen LogP contribution in [0.25, 0.3) is 0 Å². The second kappa shape index (κ2) is 6.36. The van der Waals surface area contributed by atoms with Crippen LogP contribution in [0, 0.1) is 5.92 Å². The van der Waals surface area contributed by atoms with Gasteiger partial charge in [-0.1, -0.05) is 13.0 Å². The van der Waals surface area contributed by atoms with Crippen molar-refractivity contribution in [3.63, 3.8) is 0 Å². The summed E-state index contributed by atoms with van der Waals surface area (Å²) in [7, 11) is 1.60. The molecule has 1 aromatic carbocycles. The number of carbonyl (C=O) groups excluding carboxylic acids is 1. The molecule has 22 heavy (non-hydrogen) atoms. The van der Waals surface area contributed by atoms with Crippen molar-refractivity contribution in [2.75, 3.05) is 17.7 Å². The van der Waals surface area contributed by atoms with Crippen molar-refractivity contribution in [3.8, 4) is 5.75 Å². The van der Waals surface area contributed by atoms with Gasteiger partial charge in [-0.05, 0) is 37.3 Å². The van der Waals surface area contributed by atoms with Gasteiger partial charge < -0.3 is 10.1 Å². The number of methoxy groups -OCH3 is 1. The summed E-state index contributed by atoms with van der Waals surface area (Å²) < 4.78 is 5.14. The molecule has 1 aliphatic rings. The van der Waals surface area contributed by atoms with Crippen LogP contribution in [0.3, 0.4) is 0 Å². The molecule has 0 aliphatic heterocycles. The Balaban J connectivity index is 1.64. The molecule has 1 heterocycles. The summed E-state index contributed by atoms with van der Waals surface area (Å²) in [5.74, 6) is 1.41. The predicted molar refractivity (Wildman–Crippen MR) is 88.9 cm³/mol. The number of anilines is 2. The number of rotatable bonds is 3. The zero-order valence-corrected chi connectivity index (χ0v) is 13.5. The second-order valence-electron chi connectivity index (χ2n) is 5.55. The molecule has 1 aliphatic carbocycles. The van der Waals surface area contributed by atoms with E-state index in [0.29, 0.717) is 22.5 Å². The van der Waals surface area contributed by atoms with Crippen LogP contribution < -0.4 is 15.4 Å². The van der Waals surface area contributed by atoms with E-state index in [1.165, 1.54) is 11.3 Å². The maximum atomic E-state index is 12.1. The lowest BCUT2D eigenvalue weighted by Crippen LogP contribution is -2.19. The number of aryl methyl sites for hydroxylation is 1. The lowest BCUT2D eigenvalue weighted by molar-refractivity contribution is 0.262. The molecule has 0 spiro atoms. The van der Waals surface area contributed by atoms with Crippen molar-refractivity contribution in [1.29, 1.82) is 0 Å². The largest absolute Gasteiger partial charge is 0.497 e. The molecule has 2 N–H and O–H groups in total. The fourth-order valence-electron chi connectivity index (χ4n) is 2.55. The van der Waals surface area contributed by atoms with Crippen molar-refractivity contribution >= 4 is 28.2 Å². The Labute approximate surface area is 133 Å². The zero-order valence-electron chi connectivity index (χ0n) is 12.7. The summed E-state index contributed by atoms with van der Waals surface area (Å²) >= 11 is 1.58. The smallest absolute Gasteiger partial charge is 0.325 e. The third-order valence-corrected chi connectivity index (χ3v) is 4.77. The van der Waals surface area contributed by atoms with Crippen molar-refractivity contribution in [2.45, 2.75) is 26.2 Å². The molecule has 1 aromatic heterocycles. The molecular weight excluding hydrogens is 298 g/mol. The van der Waals surface area contributed by atoms with Gasteiger partial charge >= 0.3 is 6.03 Å². The van der Waals surface area contributed by atoms with Gasteiger partial charge in [-0.2, -0.15) is 0 Å². The van der Waals surface area contributed by atoms with Gasteiger partial charge in [-0.3, -0.25) is 5.32 Å². The summed E-state index contributed by atoms with van der Waals surface area (Å²) in [6, 6.07) is 6.97. The highest BCUT2D eigenvalue weighted by atomic mass is 32.1. The van der Waals surface area contributed by atoms with Gasteiger partial charge in [0.15, 0.2) is 5.13 Å². The highest BCUT2D eigenvalue weighted by Crippen LogP contribution is 2.32. The molecule has 0 unspecified atom stereocenters. The Hall–Kier alpha value is -2.08. The second-order valence-corrected chi connectivity index (χ2v) is 6.63. The Morgan fingerprint density at radius 3 is 3.09 bits per heavy atom. The number of fused-ring (bicyclic) bond motifs is 1. The minimum absolute atomic E-state index is 0.285. The van der Waals surface area contributed by atoms with Crippen molar-refractivity contribution < 1.29 is 9.53 Å². The van der Waals surface area contributed by atoms with E-state index in [4.69, 9.17) is 4.74 Å². The molecule has 5 nitrogen and oxygen atoms in total. The summed E-state index contributed by atoms with van der Waals surface area (Å²) in [5, 5.41) is 6.27. The van der Waals surface area contributed by atoms with Crippen molar-refractivity contribution in [1.82, 2.24) is 4.98 Å². The number of carbonyl (C=O) groups is 1. The Morgan fingerprint density at radius 1 is 1.41 bits per heavy atom. The van der Waals surface area contributed by atoms with Crippen LogP contribution in [-0.2, 0) is 12.8 Å². The number of thiazole rings is 1. The summed E-state index contributed by atoms with van der Waals surface area (Å²) in [5.41, 5.74) is 1.83. The third kappa shape index (κ3) is 3.39. The molecule has 0 bridgehead atoms. The van der Waals surface area contributed by atoms with Crippen LogP contribution in [-0.4, -0.2) is 18.1 Å². The minimum Gasteiger partial charge on any atom is -0.497 e. The maximum absolute atomic E-state index is 12.1. The molecular formula is C16H19N3O2S. The van der Waals surface area contributed by atoms with E-state index >= 15 is 0 Å². The van der Waals surface area contributed by atoms with Crippen molar-refractivity contribution in [3.05, 3.63) is 34.8 Å². The first kappa shape index (κ1) is 14.8. The number of benzene rings is 1. The first-order chi connectivity index (χ1) is 10.6. The van der Waals surface area contributed by atoms with E-state index in [0.717, 1.165) is 18.5 Å². The molecule has 116 valence electrons. The number of nitrogens with zero attached hydrogens (tertiary/aromatic N) is 1. The molecule has 0 radical (unpaired) electrons. The first-order valence-corrected chi connectivity index (χ1v) is 8.16. The molecule has 0 saturated heterocycles. The number of hydrogen-bond donors (Lipinski definition) is 2. The van der Waals surface area contributed by atoms with Crippen LogP contribution >= 0.6 is 11.3 Å². The van der Waals surface area contributed by atoms with E-state index in [1.807, 2.05) is 18.2 Å². The van der Waals surface area contributed by atoms with Crippen LogP contribution in [0.1, 0.15) is 23.9 Å². The van der Waals surface area contributed by atoms with Crippen molar-refractivity contribution in [2.24, 2.45) is 5.92 Å². The Bertz CT molecular complexity index is 684. The minimum atomic E-state index is -0.285. The fourth-order valence-corrected chi connectivity index (χ4v) is 3.72. The van der Waals surface area contributed by atoms with Gasteiger partial charge in [-0.25, -0.2) is 9.78 Å². The summed E-state index contributed by atoms with van der Waals surface area (Å²) in [4.78, 5) is 17.9. The molecule has 0 fully saturated rings. The van der Waals surface area contributed by atoms with Gasteiger partial charge in [0.05, 0.1) is 12.8 Å². The maximum Gasteiger partial charge on any atom is 0.325 e. The van der Waals surface area contributed by atoms with E-state index in [9.17, 15) is 4.79 Å². The topological polar surface area (TPSA) is 63.2 Å². The van der Waals surface area contributed by atoms with Gasteiger partial charge in [0, 0.05) is 16.6 Å². The number of amides is 2.